The molecule has 1 heterocycles. The number of phenolic OH excluding ortho intramolecular Hbond substituents is 3. The number of ether oxygens (including phenoxy) is 4. The van der Waals surface area contributed by atoms with Crippen LogP contribution < -0.4 is 18.9 Å². The Hall–Kier alpha value is -3.78. The van der Waals surface area contributed by atoms with Gasteiger partial charge in [0.2, 0.25) is 11.5 Å². The third-order valence-electron chi connectivity index (χ3n) is 8.58. The van der Waals surface area contributed by atoms with E-state index in [1.807, 2.05) is 18.2 Å². The smallest absolute Gasteiger partial charge is 0.207 e. The first-order valence-electron chi connectivity index (χ1n) is 12.9. The third kappa shape index (κ3) is 3.46. The molecule has 1 spiro atoms. The first kappa shape index (κ1) is 24.6. The number of aliphatic hydroxyl groups is 1. The second kappa shape index (κ2) is 8.91. The van der Waals surface area contributed by atoms with Gasteiger partial charge in [-0.05, 0) is 54.2 Å². The first-order chi connectivity index (χ1) is 18.3. The summed E-state index contributed by atoms with van der Waals surface area (Å²) in [5.41, 5.74) is 5.37. The Balaban J connectivity index is 1.51. The summed E-state index contributed by atoms with van der Waals surface area (Å²) in [6, 6.07) is 8.87. The second-order valence-corrected chi connectivity index (χ2v) is 10.5. The summed E-state index contributed by atoms with van der Waals surface area (Å²) < 4.78 is 22.7. The molecule has 4 N–H and O–H groups in total. The van der Waals surface area contributed by atoms with Crippen molar-refractivity contribution < 1.29 is 39.4 Å². The van der Waals surface area contributed by atoms with E-state index in [2.05, 4.69) is 0 Å². The van der Waals surface area contributed by atoms with E-state index < -0.39 is 12.2 Å². The minimum atomic E-state index is -0.981. The lowest BCUT2D eigenvalue weighted by Gasteiger charge is -2.41. The van der Waals surface area contributed by atoms with Gasteiger partial charge in [-0.15, -0.1) is 0 Å². The molecule has 38 heavy (non-hydrogen) atoms. The van der Waals surface area contributed by atoms with E-state index >= 15 is 0 Å². The minimum absolute atomic E-state index is 0.0844. The van der Waals surface area contributed by atoms with Crippen LogP contribution in [0, 0.1) is 0 Å². The summed E-state index contributed by atoms with van der Waals surface area (Å²) in [5.74, 6) is 0.799. The van der Waals surface area contributed by atoms with Gasteiger partial charge < -0.3 is 39.4 Å². The van der Waals surface area contributed by atoms with Crippen molar-refractivity contribution in [2.45, 2.75) is 56.1 Å². The van der Waals surface area contributed by atoms with E-state index in [9.17, 15) is 20.4 Å². The van der Waals surface area contributed by atoms with Crippen LogP contribution >= 0.6 is 0 Å². The van der Waals surface area contributed by atoms with E-state index in [0.29, 0.717) is 17.9 Å². The Labute approximate surface area is 221 Å². The molecule has 8 nitrogen and oxygen atoms in total. The summed E-state index contributed by atoms with van der Waals surface area (Å²) in [7, 11) is 4.36. The molecule has 0 radical (unpaired) electrons. The number of methoxy groups -OCH3 is 3. The Bertz CT molecular complexity index is 1420. The van der Waals surface area contributed by atoms with Crippen LogP contribution in [0.5, 0.6) is 40.2 Å². The number of hydrogen-bond acceptors (Lipinski definition) is 8. The average molecular weight is 521 g/mol. The van der Waals surface area contributed by atoms with Crippen LogP contribution in [-0.4, -0.2) is 47.9 Å². The minimum Gasteiger partial charge on any atom is -0.508 e. The number of fused-ring (bicyclic) bond motifs is 6. The Morgan fingerprint density at radius 1 is 0.868 bits per heavy atom. The van der Waals surface area contributed by atoms with Gasteiger partial charge in [-0.25, -0.2) is 0 Å². The lowest BCUT2D eigenvalue weighted by Crippen LogP contribution is -2.34. The summed E-state index contributed by atoms with van der Waals surface area (Å²) in [4.78, 5) is 0. The number of benzene rings is 3. The molecule has 200 valence electrons. The quantitative estimate of drug-likeness (QED) is 0.384. The monoisotopic (exact) mass is 520 g/mol. The van der Waals surface area contributed by atoms with Crippen LogP contribution in [0.25, 0.3) is 11.1 Å². The molecule has 0 amide bonds. The highest BCUT2D eigenvalue weighted by atomic mass is 16.5. The molecule has 1 fully saturated rings. The summed E-state index contributed by atoms with van der Waals surface area (Å²) in [5, 5.41) is 43.0. The van der Waals surface area contributed by atoms with Gasteiger partial charge in [0.15, 0.2) is 17.6 Å². The zero-order valence-corrected chi connectivity index (χ0v) is 21.7. The van der Waals surface area contributed by atoms with E-state index in [4.69, 9.17) is 18.9 Å². The molecule has 6 rings (SSSR count). The maximum atomic E-state index is 11.4. The van der Waals surface area contributed by atoms with Gasteiger partial charge in [0.1, 0.15) is 17.2 Å². The summed E-state index contributed by atoms with van der Waals surface area (Å²) >= 11 is 0. The zero-order chi connectivity index (χ0) is 26.8. The maximum Gasteiger partial charge on any atom is 0.207 e. The number of rotatable bonds is 4. The lowest BCUT2D eigenvalue weighted by atomic mass is 9.65. The fraction of sp³-hybridized carbons (Fsp3) is 0.400. The van der Waals surface area contributed by atoms with Crippen molar-refractivity contribution in [2.75, 3.05) is 21.3 Å². The van der Waals surface area contributed by atoms with Gasteiger partial charge >= 0.3 is 0 Å². The normalized spacial score (nSPS) is 20.7. The second-order valence-electron chi connectivity index (χ2n) is 10.5. The van der Waals surface area contributed by atoms with Crippen molar-refractivity contribution in [3.8, 4) is 51.4 Å². The van der Waals surface area contributed by atoms with Crippen molar-refractivity contribution >= 4 is 0 Å². The molecule has 2 aliphatic carbocycles. The van der Waals surface area contributed by atoms with Crippen molar-refractivity contribution in [3.05, 3.63) is 52.6 Å². The molecule has 0 bridgehead atoms. The number of phenols is 3. The van der Waals surface area contributed by atoms with Crippen LogP contribution in [0.2, 0.25) is 0 Å². The van der Waals surface area contributed by atoms with Crippen molar-refractivity contribution in [1.82, 2.24) is 0 Å². The molecule has 2 atom stereocenters. The molecular weight excluding hydrogens is 488 g/mol. The fourth-order valence-corrected chi connectivity index (χ4v) is 6.83. The third-order valence-corrected chi connectivity index (χ3v) is 8.58. The van der Waals surface area contributed by atoms with Gasteiger partial charge in [-0.1, -0.05) is 18.9 Å². The fourth-order valence-electron chi connectivity index (χ4n) is 6.83. The highest BCUT2D eigenvalue weighted by molar-refractivity contribution is 5.83. The van der Waals surface area contributed by atoms with Gasteiger partial charge in [-0.3, -0.25) is 0 Å². The molecule has 0 unspecified atom stereocenters. The van der Waals surface area contributed by atoms with Gasteiger partial charge in [0.05, 0.1) is 27.4 Å². The van der Waals surface area contributed by atoms with Crippen LogP contribution in [0.1, 0.15) is 54.0 Å². The van der Waals surface area contributed by atoms with E-state index in [0.717, 1.165) is 59.9 Å². The van der Waals surface area contributed by atoms with E-state index in [1.54, 1.807) is 13.2 Å². The molecule has 0 aromatic heterocycles. The molecular formula is C30H32O8. The summed E-state index contributed by atoms with van der Waals surface area (Å²) in [6.07, 6.45) is 3.48. The SMILES string of the molecule is COc1cc([C@H]2Oc3cc(OC)c4c(c3C[C@H]2O)CC2(CCCC2)c2cc(O)ccc2-4)c(O)c(OC)c1O. The maximum absolute atomic E-state index is 11.4. The first-order valence-corrected chi connectivity index (χ1v) is 12.9. The van der Waals surface area contributed by atoms with Crippen LogP contribution in [0.4, 0.5) is 0 Å². The van der Waals surface area contributed by atoms with E-state index in [-0.39, 0.29) is 39.7 Å². The molecule has 1 saturated carbocycles. The molecule has 0 saturated heterocycles. The number of hydrogen-bond donors (Lipinski definition) is 4. The van der Waals surface area contributed by atoms with Gasteiger partial charge in [-0.2, -0.15) is 0 Å². The van der Waals surface area contributed by atoms with Crippen molar-refractivity contribution in [3.63, 3.8) is 0 Å². The standard InChI is InChI=1S/C30H32O8/c1-35-23-13-22-17(11-21(32)28(38-22)18-12-24(36-2)27(34)29(37-3)26(18)33)19-14-30(8-4-5-9-30)20-10-15(31)6-7-16(20)25(19)23/h6-7,10,12-13,21,28,31-34H,4-5,8-9,11,14H2,1-3H3/t21-,28-/m1/s1. The predicted molar refractivity (Wildman–Crippen MR) is 140 cm³/mol. The molecule has 3 aromatic rings. The van der Waals surface area contributed by atoms with Gasteiger partial charge in [0, 0.05) is 34.6 Å². The Morgan fingerprint density at radius 2 is 1.61 bits per heavy atom. The highest BCUT2D eigenvalue weighted by Crippen LogP contribution is 2.58. The number of aliphatic hydroxyl groups excluding tert-OH is 1. The van der Waals surface area contributed by atoms with Crippen LogP contribution in [0.15, 0.2) is 30.3 Å². The van der Waals surface area contributed by atoms with E-state index in [1.165, 1.54) is 20.3 Å². The number of aromatic hydroxyl groups is 3. The predicted octanol–water partition coefficient (Wildman–Crippen LogP) is 4.90. The van der Waals surface area contributed by atoms with Crippen molar-refractivity contribution in [2.24, 2.45) is 0 Å². The largest absolute Gasteiger partial charge is 0.508 e. The topological polar surface area (TPSA) is 118 Å². The molecule has 1 aliphatic heterocycles. The van der Waals surface area contributed by atoms with Crippen LogP contribution in [-0.2, 0) is 18.3 Å². The summed E-state index contributed by atoms with van der Waals surface area (Å²) in [6.45, 7) is 0. The Morgan fingerprint density at radius 3 is 2.29 bits per heavy atom. The molecule has 3 aliphatic rings. The highest BCUT2D eigenvalue weighted by Gasteiger charge is 2.45. The molecule has 8 heteroatoms. The lowest BCUT2D eigenvalue weighted by molar-refractivity contribution is 0.0186. The zero-order valence-electron chi connectivity index (χ0n) is 21.7. The molecule has 3 aromatic carbocycles. The average Bonchev–Trinajstić information content (AvgIpc) is 3.38. The van der Waals surface area contributed by atoms with Crippen LogP contribution in [0.3, 0.4) is 0 Å². The Kier molecular flexibility index (Phi) is 5.76. The van der Waals surface area contributed by atoms with Crippen molar-refractivity contribution in [1.29, 1.82) is 0 Å². The van der Waals surface area contributed by atoms with Gasteiger partial charge in [0.25, 0.3) is 0 Å².